The molecule has 2 rings (SSSR count). The summed E-state index contributed by atoms with van der Waals surface area (Å²) in [6.45, 7) is 1.68. The maximum absolute atomic E-state index is 12.4. The van der Waals surface area contributed by atoms with E-state index in [4.69, 9.17) is 0 Å². The fraction of sp³-hybridized carbons (Fsp3) is 0.400. The van der Waals surface area contributed by atoms with Gasteiger partial charge in [0.1, 0.15) is 9.84 Å². The average Bonchev–Trinajstić information content (AvgIpc) is 2.47. The lowest BCUT2D eigenvalue weighted by molar-refractivity contribution is -0.130. The topological polar surface area (TPSA) is 100 Å². The van der Waals surface area contributed by atoms with Gasteiger partial charge in [0, 0.05) is 24.7 Å². The predicted molar refractivity (Wildman–Crippen MR) is 88.0 cm³/mol. The van der Waals surface area contributed by atoms with Crippen molar-refractivity contribution in [1.29, 1.82) is 0 Å². The molecule has 1 atom stereocenters. The van der Waals surface area contributed by atoms with Gasteiger partial charge in [-0.2, -0.15) is 5.10 Å². The number of amides is 1. The number of aromatic nitrogens is 2. The molecular weight excluding hydrogens is 318 g/mol. The molecule has 0 saturated heterocycles. The summed E-state index contributed by atoms with van der Waals surface area (Å²) < 4.78 is 22.7. The summed E-state index contributed by atoms with van der Waals surface area (Å²) in [7, 11) is -1.61. The summed E-state index contributed by atoms with van der Waals surface area (Å²) in [5.74, 6) is -0.361. The Hall–Kier alpha value is -2.22. The molecule has 7 nitrogen and oxygen atoms in total. The lowest BCUT2D eigenvalue weighted by atomic mass is 10.1. The molecule has 2 aromatic rings. The summed E-state index contributed by atoms with van der Waals surface area (Å²) >= 11 is 0. The second-order valence-electron chi connectivity index (χ2n) is 5.67. The molecule has 124 valence electrons. The number of carbonyl (C=O) groups is 1. The van der Waals surface area contributed by atoms with E-state index in [0.717, 1.165) is 6.26 Å². The Balaban J connectivity index is 2.24. The molecule has 0 aliphatic rings. The molecule has 0 aliphatic carbocycles. The molecule has 23 heavy (non-hydrogen) atoms. The molecule has 1 heterocycles. The van der Waals surface area contributed by atoms with E-state index in [1.165, 1.54) is 4.90 Å². The quantitative estimate of drug-likeness (QED) is 0.849. The van der Waals surface area contributed by atoms with E-state index >= 15 is 0 Å². The maximum atomic E-state index is 12.4. The number of nitrogens with one attached hydrogen (secondary N) is 1. The molecule has 8 heteroatoms. The van der Waals surface area contributed by atoms with Crippen molar-refractivity contribution in [3.63, 3.8) is 0 Å². The third-order valence-corrected chi connectivity index (χ3v) is 4.78. The number of carbonyl (C=O) groups excluding carboxylic acids is 1. The van der Waals surface area contributed by atoms with Gasteiger partial charge in [0.2, 0.25) is 5.91 Å². The van der Waals surface area contributed by atoms with Crippen LogP contribution in [0.2, 0.25) is 0 Å². The monoisotopic (exact) mass is 337 g/mol. The SMILES string of the molecule is CC(CS(C)(=O)=O)N(C)C(=O)Cc1n[nH]c(=O)c2ccccc12. The van der Waals surface area contributed by atoms with Crippen LogP contribution in [0.3, 0.4) is 0 Å². The van der Waals surface area contributed by atoms with E-state index in [1.807, 2.05) is 0 Å². The number of hydrogen-bond acceptors (Lipinski definition) is 5. The number of likely N-dealkylation sites (N-methyl/N-ethyl adjacent to an activating group) is 1. The Morgan fingerprint density at radius 3 is 2.52 bits per heavy atom. The van der Waals surface area contributed by atoms with Crippen molar-refractivity contribution >= 4 is 26.5 Å². The highest BCUT2D eigenvalue weighted by Gasteiger charge is 2.21. The standard InChI is InChI=1S/C15H19N3O4S/c1-10(9-23(3,21)22)18(2)14(19)8-13-11-6-4-5-7-12(11)15(20)17-16-13/h4-7,10H,8-9H2,1-3H3,(H,17,20). The van der Waals surface area contributed by atoms with Crippen LogP contribution in [-0.2, 0) is 21.1 Å². The molecule has 1 aromatic carbocycles. The van der Waals surface area contributed by atoms with Gasteiger partial charge >= 0.3 is 0 Å². The van der Waals surface area contributed by atoms with E-state index < -0.39 is 15.9 Å². The summed E-state index contributed by atoms with van der Waals surface area (Å²) in [6.07, 6.45) is 1.13. The average molecular weight is 337 g/mol. The van der Waals surface area contributed by atoms with Crippen molar-refractivity contribution in [3.05, 3.63) is 40.3 Å². The summed E-state index contributed by atoms with van der Waals surface area (Å²) in [6, 6.07) is 6.48. The van der Waals surface area contributed by atoms with Gasteiger partial charge in [-0.05, 0) is 13.0 Å². The van der Waals surface area contributed by atoms with Crippen LogP contribution < -0.4 is 5.56 Å². The molecule has 0 fully saturated rings. The number of aromatic amines is 1. The lowest BCUT2D eigenvalue weighted by Gasteiger charge is -2.24. The van der Waals surface area contributed by atoms with E-state index in [0.29, 0.717) is 16.5 Å². The van der Waals surface area contributed by atoms with Crippen LogP contribution in [0, 0.1) is 0 Å². The van der Waals surface area contributed by atoms with E-state index in [2.05, 4.69) is 10.2 Å². The molecule has 1 aromatic heterocycles. The second kappa shape index (κ2) is 6.49. The van der Waals surface area contributed by atoms with Crippen molar-refractivity contribution in [1.82, 2.24) is 15.1 Å². The van der Waals surface area contributed by atoms with E-state index in [-0.39, 0.29) is 23.6 Å². The van der Waals surface area contributed by atoms with Crippen molar-refractivity contribution in [2.24, 2.45) is 0 Å². The van der Waals surface area contributed by atoms with Crippen LogP contribution in [0.15, 0.2) is 29.1 Å². The Morgan fingerprint density at radius 1 is 1.30 bits per heavy atom. The van der Waals surface area contributed by atoms with Crippen molar-refractivity contribution < 1.29 is 13.2 Å². The fourth-order valence-electron chi connectivity index (χ4n) is 2.37. The number of H-pyrrole nitrogens is 1. The zero-order valence-corrected chi connectivity index (χ0v) is 14.1. The molecule has 0 radical (unpaired) electrons. The van der Waals surface area contributed by atoms with Crippen LogP contribution in [0.1, 0.15) is 12.6 Å². The van der Waals surface area contributed by atoms with Crippen molar-refractivity contribution in [2.45, 2.75) is 19.4 Å². The van der Waals surface area contributed by atoms with Crippen LogP contribution in [0.4, 0.5) is 0 Å². The molecule has 1 amide bonds. The largest absolute Gasteiger partial charge is 0.342 e. The number of nitrogens with zero attached hydrogens (tertiary/aromatic N) is 2. The molecular formula is C15H19N3O4S. The summed E-state index contributed by atoms with van der Waals surface area (Å²) in [5.41, 5.74) is 0.152. The maximum Gasteiger partial charge on any atom is 0.272 e. The lowest BCUT2D eigenvalue weighted by Crippen LogP contribution is -2.40. The molecule has 0 spiro atoms. The summed E-state index contributed by atoms with van der Waals surface area (Å²) in [4.78, 5) is 25.5. The minimum absolute atomic E-state index is 0.0120. The van der Waals surface area contributed by atoms with Gasteiger partial charge in [-0.25, -0.2) is 13.5 Å². The fourth-order valence-corrected chi connectivity index (χ4v) is 3.47. The van der Waals surface area contributed by atoms with Gasteiger partial charge in [0.25, 0.3) is 5.56 Å². The van der Waals surface area contributed by atoms with Gasteiger partial charge in [0.05, 0.1) is 23.3 Å². The highest BCUT2D eigenvalue weighted by molar-refractivity contribution is 7.90. The van der Waals surface area contributed by atoms with Gasteiger partial charge in [-0.1, -0.05) is 18.2 Å². The van der Waals surface area contributed by atoms with E-state index in [1.54, 1.807) is 38.2 Å². The molecule has 1 N–H and O–H groups in total. The number of benzene rings is 1. The molecule has 0 aliphatic heterocycles. The third-order valence-electron chi connectivity index (χ3n) is 3.69. The zero-order chi connectivity index (χ0) is 17.2. The van der Waals surface area contributed by atoms with Crippen LogP contribution >= 0.6 is 0 Å². The molecule has 0 saturated carbocycles. The number of sulfone groups is 1. The van der Waals surface area contributed by atoms with Crippen LogP contribution in [0.5, 0.6) is 0 Å². The minimum atomic E-state index is -3.17. The van der Waals surface area contributed by atoms with Gasteiger partial charge in [-0.15, -0.1) is 0 Å². The minimum Gasteiger partial charge on any atom is -0.342 e. The van der Waals surface area contributed by atoms with Gasteiger partial charge in [-0.3, -0.25) is 9.59 Å². The molecule has 1 unspecified atom stereocenters. The smallest absolute Gasteiger partial charge is 0.272 e. The Bertz CT molecular complexity index is 889. The Morgan fingerprint density at radius 2 is 1.91 bits per heavy atom. The zero-order valence-electron chi connectivity index (χ0n) is 13.2. The van der Waals surface area contributed by atoms with Gasteiger partial charge in [0.15, 0.2) is 0 Å². The first-order chi connectivity index (χ1) is 10.7. The number of fused-ring (bicyclic) bond motifs is 1. The Labute approximate surface area is 134 Å². The normalized spacial score (nSPS) is 13.0. The van der Waals surface area contributed by atoms with Gasteiger partial charge < -0.3 is 4.90 Å². The van der Waals surface area contributed by atoms with Crippen LogP contribution in [-0.4, -0.2) is 54.5 Å². The Kier molecular flexibility index (Phi) is 4.84. The van der Waals surface area contributed by atoms with E-state index in [9.17, 15) is 18.0 Å². The van der Waals surface area contributed by atoms with Crippen LogP contribution in [0.25, 0.3) is 10.8 Å². The number of hydrogen-bond donors (Lipinski definition) is 1. The second-order valence-corrected chi connectivity index (χ2v) is 7.85. The van der Waals surface area contributed by atoms with Crippen molar-refractivity contribution in [3.8, 4) is 0 Å². The molecule has 0 bridgehead atoms. The first kappa shape index (κ1) is 17.1. The first-order valence-electron chi connectivity index (χ1n) is 7.08. The highest BCUT2D eigenvalue weighted by Crippen LogP contribution is 2.14. The first-order valence-corrected chi connectivity index (χ1v) is 9.15. The predicted octanol–water partition coefficient (Wildman–Crippen LogP) is 0.357. The third kappa shape index (κ3) is 4.16. The number of rotatable bonds is 5. The highest BCUT2D eigenvalue weighted by atomic mass is 32.2. The van der Waals surface area contributed by atoms with Crippen molar-refractivity contribution in [2.75, 3.05) is 19.1 Å². The summed E-state index contributed by atoms with van der Waals surface area (Å²) in [5, 5.41) is 7.43.